The predicted octanol–water partition coefficient (Wildman–Crippen LogP) is 0.806. The van der Waals surface area contributed by atoms with Gasteiger partial charge in [-0.3, -0.25) is 14.6 Å². The molecule has 1 aromatic heterocycles. The molecule has 2 saturated heterocycles. The molecule has 2 fully saturated rings. The molecule has 1 aromatic rings. The van der Waals surface area contributed by atoms with Crippen LogP contribution in [-0.2, 0) is 4.79 Å². The van der Waals surface area contributed by atoms with Crippen LogP contribution in [0.2, 0.25) is 0 Å². The number of urea groups is 1. The van der Waals surface area contributed by atoms with E-state index in [-0.39, 0.29) is 23.9 Å². The normalized spacial score (nSPS) is 23.1. The summed E-state index contributed by atoms with van der Waals surface area (Å²) in [6.45, 7) is 6.16. The van der Waals surface area contributed by atoms with Gasteiger partial charge in [0.15, 0.2) is 0 Å². The molecule has 3 rings (SSSR count). The zero-order valence-corrected chi connectivity index (χ0v) is 16.1. The fourth-order valence-corrected chi connectivity index (χ4v) is 3.94. The summed E-state index contributed by atoms with van der Waals surface area (Å²) in [7, 11) is 1.77. The Morgan fingerprint density at radius 1 is 1.11 bits per heavy atom. The first kappa shape index (κ1) is 19.1. The molecule has 27 heavy (non-hydrogen) atoms. The molecular weight excluding hydrogens is 346 g/mol. The lowest BCUT2D eigenvalue weighted by atomic mass is 9.86. The van der Waals surface area contributed by atoms with Gasteiger partial charge in [0.1, 0.15) is 0 Å². The number of carbonyl (C=O) groups is 3. The Morgan fingerprint density at radius 3 is 2.33 bits per heavy atom. The highest BCUT2D eigenvalue weighted by Gasteiger charge is 2.47. The molecule has 8 heteroatoms. The van der Waals surface area contributed by atoms with Gasteiger partial charge < -0.3 is 20.0 Å². The van der Waals surface area contributed by atoms with E-state index in [2.05, 4.69) is 10.3 Å². The number of likely N-dealkylation sites (tertiary alicyclic amines) is 1. The predicted molar refractivity (Wildman–Crippen MR) is 100 cm³/mol. The van der Waals surface area contributed by atoms with Gasteiger partial charge in [-0.2, -0.15) is 0 Å². The summed E-state index contributed by atoms with van der Waals surface area (Å²) in [5.41, 5.74) is 0.122. The highest BCUT2D eigenvalue weighted by molar-refractivity contribution is 5.94. The molecule has 0 bridgehead atoms. The van der Waals surface area contributed by atoms with E-state index in [1.807, 2.05) is 13.8 Å². The Balaban J connectivity index is 1.85. The molecule has 1 atom stereocenters. The standard InChI is InChI=1S/C19H27N5O3/c1-14(2)21-18(27)24-9-8-23(17(26)15-4-6-20-7-5-15)12-19(13-24)10-16(25)22(3)11-19/h4-7,14H,8-13H2,1-3H3,(H,21,27)/t19-/m1/s1. The van der Waals surface area contributed by atoms with Crippen LogP contribution in [0.1, 0.15) is 30.6 Å². The van der Waals surface area contributed by atoms with Gasteiger partial charge in [0, 0.05) is 75.6 Å². The summed E-state index contributed by atoms with van der Waals surface area (Å²) < 4.78 is 0. The van der Waals surface area contributed by atoms with E-state index in [4.69, 9.17) is 0 Å². The van der Waals surface area contributed by atoms with E-state index in [9.17, 15) is 14.4 Å². The smallest absolute Gasteiger partial charge is 0.317 e. The van der Waals surface area contributed by atoms with Crippen LogP contribution in [-0.4, -0.2) is 83.3 Å². The van der Waals surface area contributed by atoms with E-state index in [1.54, 1.807) is 46.3 Å². The average molecular weight is 373 g/mol. The molecule has 0 aromatic carbocycles. The highest BCUT2D eigenvalue weighted by Crippen LogP contribution is 2.34. The van der Waals surface area contributed by atoms with Crippen molar-refractivity contribution in [3.63, 3.8) is 0 Å². The number of carbonyl (C=O) groups excluding carboxylic acids is 3. The Hall–Kier alpha value is -2.64. The van der Waals surface area contributed by atoms with Crippen molar-refractivity contribution in [3.05, 3.63) is 30.1 Å². The minimum Gasteiger partial charge on any atom is -0.345 e. The lowest BCUT2D eigenvalue weighted by Crippen LogP contribution is -2.49. The number of rotatable bonds is 2. The maximum atomic E-state index is 13.0. The largest absolute Gasteiger partial charge is 0.345 e. The third-order valence-corrected chi connectivity index (χ3v) is 5.13. The Labute approximate surface area is 159 Å². The Morgan fingerprint density at radius 2 is 1.74 bits per heavy atom. The van der Waals surface area contributed by atoms with E-state index < -0.39 is 5.41 Å². The van der Waals surface area contributed by atoms with Gasteiger partial charge in [-0.15, -0.1) is 0 Å². The van der Waals surface area contributed by atoms with Crippen LogP contribution in [0.25, 0.3) is 0 Å². The van der Waals surface area contributed by atoms with E-state index in [0.717, 1.165) is 0 Å². The fourth-order valence-electron chi connectivity index (χ4n) is 3.94. The van der Waals surface area contributed by atoms with Crippen LogP contribution in [0, 0.1) is 5.41 Å². The lowest BCUT2D eigenvalue weighted by molar-refractivity contribution is -0.126. The number of pyridine rings is 1. The van der Waals surface area contributed by atoms with E-state index in [0.29, 0.717) is 44.7 Å². The minimum absolute atomic E-state index is 0.0270. The highest BCUT2D eigenvalue weighted by atomic mass is 16.2. The SMILES string of the molecule is CC(C)NC(=O)N1CCN(C(=O)c2ccncc2)C[C@]2(CC(=O)N(C)C2)C1. The number of amides is 4. The van der Waals surface area contributed by atoms with Gasteiger partial charge in [-0.25, -0.2) is 4.79 Å². The summed E-state index contributed by atoms with van der Waals surface area (Å²) in [4.78, 5) is 47.0. The van der Waals surface area contributed by atoms with Crippen LogP contribution in [0.4, 0.5) is 4.79 Å². The second-order valence-electron chi connectivity index (χ2n) is 7.91. The zero-order valence-electron chi connectivity index (χ0n) is 16.1. The molecule has 0 saturated carbocycles. The number of hydrogen-bond donors (Lipinski definition) is 1. The van der Waals surface area contributed by atoms with Crippen molar-refractivity contribution in [2.45, 2.75) is 26.3 Å². The molecule has 3 heterocycles. The van der Waals surface area contributed by atoms with Crippen molar-refractivity contribution in [1.29, 1.82) is 0 Å². The third-order valence-electron chi connectivity index (χ3n) is 5.13. The number of hydrogen-bond acceptors (Lipinski definition) is 4. The van der Waals surface area contributed by atoms with Crippen LogP contribution >= 0.6 is 0 Å². The molecule has 8 nitrogen and oxygen atoms in total. The van der Waals surface area contributed by atoms with Gasteiger partial charge in [0.05, 0.1) is 0 Å². The summed E-state index contributed by atoms with van der Waals surface area (Å²) in [5.74, 6) is -0.0395. The summed E-state index contributed by atoms with van der Waals surface area (Å²) in [6.07, 6.45) is 3.53. The molecule has 1 spiro atoms. The van der Waals surface area contributed by atoms with Crippen molar-refractivity contribution in [2.75, 3.05) is 39.8 Å². The van der Waals surface area contributed by atoms with Crippen LogP contribution in [0.3, 0.4) is 0 Å². The van der Waals surface area contributed by atoms with Gasteiger partial charge in [0.2, 0.25) is 5.91 Å². The van der Waals surface area contributed by atoms with E-state index >= 15 is 0 Å². The molecule has 0 unspecified atom stereocenters. The third kappa shape index (κ3) is 4.20. The maximum absolute atomic E-state index is 13.0. The van der Waals surface area contributed by atoms with E-state index in [1.165, 1.54) is 0 Å². The molecule has 2 aliphatic heterocycles. The molecule has 1 N–H and O–H groups in total. The van der Waals surface area contributed by atoms with Crippen molar-refractivity contribution in [3.8, 4) is 0 Å². The lowest BCUT2D eigenvalue weighted by Gasteiger charge is -2.33. The first-order chi connectivity index (χ1) is 12.8. The summed E-state index contributed by atoms with van der Waals surface area (Å²) in [6, 6.07) is 3.26. The summed E-state index contributed by atoms with van der Waals surface area (Å²) in [5, 5.41) is 2.92. The number of nitrogens with zero attached hydrogens (tertiary/aromatic N) is 4. The van der Waals surface area contributed by atoms with Crippen LogP contribution in [0.15, 0.2) is 24.5 Å². The summed E-state index contributed by atoms with van der Waals surface area (Å²) >= 11 is 0. The van der Waals surface area contributed by atoms with Gasteiger partial charge >= 0.3 is 6.03 Å². The number of nitrogens with one attached hydrogen (secondary N) is 1. The topological polar surface area (TPSA) is 85.9 Å². The van der Waals surface area contributed by atoms with Crippen molar-refractivity contribution in [1.82, 2.24) is 25.0 Å². The van der Waals surface area contributed by atoms with Gasteiger partial charge in [0.25, 0.3) is 5.91 Å². The first-order valence-corrected chi connectivity index (χ1v) is 9.28. The first-order valence-electron chi connectivity index (χ1n) is 9.28. The van der Waals surface area contributed by atoms with Gasteiger partial charge in [-0.05, 0) is 26.0 Å². The molecule has 146 valence electrons. The fraction of sp³-hybridized carbons (Fsp3) is 0.579. The Bertz CT molecular complexity index is 723. The second-order valence-corrected chi connectivity index (χ2v) is 7.91. The maximum Gasteiger partial charge on any atom is 0.317 e. The molecule has 4 amide bonds. The van der Waals surface area contributed by atoms with Gasteiger partial charge in [-0.1, -0.05) is 0 Å². The van der Waals surface area contributed by atoms with Crippen molar-refractivity contribution >= 4 is 17.8 Å². The van der Waals surface area contributed by atoms with Crippen LogP contribution < -0.4 is 5.32 Å². The minimum atomic E-state index is -0.445. The monoisotopic (exact) mass is 373 g/mol. The zero-order chi connectivity index (χ0) is 19.6. The molecule has 0 radical (unpaired) electrons. The second kappa shape index (κ2) is 7.54. The Kier molecular flexibility index (Phi) is 5.34. The van der Waals surface area contributed by atoms with Crippen molar-refractivity contribution < 1.29 is 14.4 Å². The van der Waals surface area contributed by atoms with Crippen LogP contribution in [0.5, 0.6) is 0 Å². The average Bonchev–Trinajstić information content (AvgIpc) is 2.79. The molecular formula is C19H27N5O3. The number of aromatic nitrogens is 1. The molecule has 0 aliphatic carbocycles. The quantitative estimate of drug-likeness (QED) is 0.831. The van der Waals surface area contributed by atoms with Crippen molar-refractivity contribution in [2.24, 2.45) is 5.41 Å². The molecule has 2 aliphatic rings.